The molecule has 1 atom stereocenters. The lowest BCUT2D eigenvalue weighted by Crippen LogP contribution is -2.54. The van der Waals surface area contributed by atoms with Crippen LogP contribution < -0.4 is 10.1 Å². The minimum Gasteiger partial charge on any atom is -0.481 e. The third kappa shape index (κ3) is 5.73. The number of nitrogens with zero attached hydrogens (tertiary/aromatic N) is 2. The minimum absolute atomic E-state index is 0.0717. The van der Waals surface area contributed by atoms with E-state index in [2.05, 4.69) is 5.32 Å². The summed E-state index contributed by atoms with van der Waals surface area (Å²) in [6.07, 6.45) is -0.640. The van der Waals surface area contributed by atoms with Crippen LogP contribution >= 0.6 is 11.6 Å². The van der Waals surface area contributed by atoms with Crippen LogP contribution in [0.4, 0.5) is 0 Å². The van der Waals surface area contributed by atoms with E-state index >= 15 is 0 Å². The van der Waals surface area contributed by atoms with Gasteiger partial charge < -0.3 is 19.9 Å². The van der Waals surface area contributed by atoms with Crippen LogP contribution in [-0.2, 0) is 9.59 Å². The van der Waals surface area contributed by atoms with Crippen LogP contribution in [0.1, 0.15) is 17.3 Å². The van der Waals surface area contributed by atoms with E-state index in [9.17, 15) is 14.4 Å². The summed E-state index contributed by atoms with van der Waals surface area (Å²) in [5, 5.41) is 3.24. The van der Waals surface area contributed by atoms with Gasteiger partial charge in [-0.15, -0.1) is 0 Å². The molecule has 0 saturated carbocycles. The van der Waals surface area contributed by atoms with Crippen LogP contribution in [0.5, 0.6) is 5.75 Å². The highest BCUT2D eigenvalue weighted by Crippen LogP contribution is 2.17. The van der Waals surface area contributed by atoms with Crippen molar-refractivity contribution in [2.75, 3.05) is 32.7 Å². The highest BCUT2D eigenvalue weighted by Gasteiger charge is 2.28. The number of nitrogens with one attached hydrogen (secondary N) is 1. The zero-order valence-electron chi connectivity index (χ0n) is 16.7. The first-order valence-electron chi connectivity index (χ1n) is 9.76. The third-order valence-electron chi connectivity index (χ3n) is 4.85. The lowest BCUT2D eigenvalue weighted by molar-refractivity contribution is -0.143. The van der Waals surface area contributed by atoms with Gasteiger partial charge in [0.25, 0.3) is 11.8 Å². The summed E-state index contributed by atoms with van der Waals surface area (Å²) in [5.74, 6) is -0.0135. The second-order valence-corrected chi connectivity index (χ2v) is 7.41. The predicted octanol–water partition coefficient (Wildman–Crippen LogP) is 2.21. The number of carbonyl (C=O) groups excluding carboxylic acids is 3. The summed E-state index contributed by atoms with van der Waals surface area (Å²) in [5.41, 5.74) is 0.510. The quantitative estimate of drug-likeness (QED) is 0.763. The average Bonchev–Trinajstić information content (AvgIpc) is 2.79. The Hall–Kier alpha value is -3.06. The summed E-state index contributed by atoms with van der Waals surface area (Å²) in [4.78, 5) is 40.4. The Bertz CT molecular complexity index is 881. The van der Waals surface area contributed by atoms with Gasteiger partial charge in [0, 0.05) is 36.8 Å². The average molecular weight is 430 g/mol. The van der Waals surface area contributed by atoms with Crippen molar-refractivity contribution in [3.8, 4) is 5.75 Å². The number of halogens is 1. The monoisotopic (exact) mass is 429 g/mol. The molecule has 158 valence electrons. The Labute approximate surface area is 180 Å². The maximum Gasteiger partial charge on any atom is 0.263 e. The third-order valence-corrected chi connectivity index (χ3v) is 5.11. The fraction of sp³-hybridized carbons (Fsp3) is 0.318. The molecule has 8 heteroatoms. The first-order valence-corrected chi connectivity index (χ1v) is 10.1. The fourth-order valence-electron chi connectivity index (χ4n) is 3.16. The van der Waals surface area contributed by atoms with E-state index in [4.69, 9.17) is 16.3 Å². The van der Waals surface area contributed by atoms with Crippen LogP contribution in [0.3, 0.4) is 0 Å². The number of benzene rings is 2. The van der Waals surface area contributed by atoms with Gasteiger partial charge in [0.05, 0.1) is 6.54 Å². The van der Waals surface area contributed by atoms with E-state index < -0.39 is 6.10 Å². The normalized spacial score (nSPS) is 14.7. The number of amides is 3. The largest absolute Gasteiger partial charge is 0.481 e. The number of ether oxygens (including phenoxy) is 1. The lowest BCUT2D eigenvalue weighted by Gasteiger charge is -2.36. The maximum atomic E-state index is 12.6. The molecule has 1 fully saturated rings. The predicted molar refractivity (Wildman–Crippen MR) is 113 cm³/mol. The van der Waals surface area contributed by atoms with Crippen molar-refractivity contribution in [1.82, 2.24) is 15.1 Å². The van der Waals surface area contributed by atoms with Gasteiger partial charge in [0.2, 0.25) is 5.91 Å². The molecule has 0 bridgehead atoms. The van der Waals surface area contributed by atoms with E-state index in [1.165, 1.54) is 0 Å². The second-order valence-electron chi connectivity index (χ2n) is 6.97. The minimum atomic E-state index is -0.640. The molecule has 1 N–H and O–H groups in total. The molecule has 30 heavy (non-hydrogen) atoms. The molecule has 1 saturated heterocycles. The van der Waals surface area contributed by atoms with E-state index in [-0.39, 0.29) is 24.3 Å². The Morgan fingerprint density at radius 3 is 2.20 bits per heavy atom. The molecule has 1 aliphatic heterocycles. The van der Waals surface area contributed by atoms with Crippen molar-refractivity contribution >= 4 is 29.3 Å². The van der Waals surface area contributed by atoms with Gasteiger partial charge in [0.15, 0.2) is 6.10 Å². The zero-order chi connectivity index (χ0) is 21.5. The topological polar surface area (TPSA) is 79.0 Å². The van der Waals surface area contributed by atoms with Crippen LogP contribution in [0.25, 0.3) is 0 Å². The summed E-state index contributed by atoms with van der Waals surface area (Å²) < 4.78 is 5.69. The van der Waals surface area contributed by atoms with E-state index in [0.29, 0.717) is 42.5 Å². The van der Waals surface area contributed by atoms with Crippen molar-refractivity contribution in [2.24, 2.45) is 0 Å². The molecule has 2 aromatic rings. The molecule has 3 amide bonds. The lowest BCUT2D eigenvalue weighted by atomic mass is 10.2. The highest BCUT2D eigenvalue weighted by atomic mass is 35.5. The Balaban J connectivity index is 1.43. The molecule has 7 nitrogen and oxygen atoms in total. The van der Waals surface area contributed by atoms with Crippen LogP contribution in [0.2, 0.25) is 5.02 Å². The van der Waals surface area contributed by atoms with Gasteiger partial charge in [-0.25, -0.2) is 0 Å². The summed E-state index contributed by atoms with van der Waals surface area (Å²) in [7, 11) is 0. The summed E-state index contributed by atoms with van der Waals surface area (Å²) >= 11 is 5.86. The molecule has 1 heterocycles. The van der Waals surface area contributed by atoms with Crippen molar-refractivity contribution in [2.45, 2.75) is 13.0 Å². The molecular weight excluding hydrogens is 406 g/mol. The van der Waals surface area contributed by atoms with Crippen molar-refractivity contribution in [3.63, 3.8) is 0 Å². The second kappa shape index (κ2) is 10.1. The molecule has 0 radical (unpaired) electrons. The van der Waals surface area contributed by atoms with Crippen molar-refractivity contribution in [1.29, 1.82) is 0 Å². The van der Waals surface area contributed by atoms with E-state index in [1.807, 2.05) is 6.07 Å². The van der Waals surface area contributed by atoms with Gasteiger partial charge in [-0.1, -0.05) is 29.8 Å². The van der Waals surface area contributed by atoms with Crippen molar-refractivity contribution < 1.29 is 19.1 Å². The number of hydrogen-bond donors (Lipinski definition) is 1. The molecule has 0 aromatic heterocycles. The van der Waals surface area contributed by atoms with Gasteiger partial charge >= 0.3 is 0 Å². The molecule has 2 aromatic carbocycles. The molecule has 3 rings (SSSR count). The number of rotatable bonds is 6. The molecular formula is C22H24ClN3O4. The highest BCUT2D eigenvalue weighted by molar-refractivity contribution is 6.30. The van der Waals surface area contributed by atoms with Crippen LogP contribution in [-0.4, -0.2) is 66.3 Å². The van der Waals surface area contributed by atoms with E-state index in [1.54, 1.807) is 65.3 Å². The summed E-state index contributed by atoms with van der Waals surface area (Å²) in [6.45, 7) is 3.31. The maximum absolute atomic E-state index is 12.6. The summed E-state index contributed by atoms with van der Waals surface area (Å²) in [6, 6.07) is 15.6. The van der Waals surface area contributed by atoms with Crippen LogP contribution in [0.15, 0.2) is 54.6 Å². The van der Waals surface area contributed by atoms with Crippen LogP contribution in [0, 0.1) is 0 Å². The Morgan fingerprint density at radius 2 is 1.57 bits per heavy atom. The first kappa shape index (κ1) is 21.6. The number of hydrogen-bond acceptors (Lipinski definition) is 4. The Kier molecular flexibility index (Phi) is 7.30. The van der Waals surface area contributed by atoms with Gasteiger partial charge in [-0.2, -0.15) is 0 Å². The SMILES string of the molecule is CC(Oc1ccc(Cl)cc1)C(=O)N1CCN(C(=O)CNC(=O)c2ccccc2)CC1. The Morgan fingerprint density at radius 1 is 0.967 bits per heavy atom. The molecule has 0 spiro atoms. The zero-order valence-corrected chi connectivity index (χ0v) is 17.5. The smallest absolute Gasteiger partial charge is 0.263 e. The standard InChI is InChI=1S/C22H24ClN3O4/c1-16(30-19-9-7-18(23)8-10-19)22(29)26-13-11-25(12-14-26)20(27)15-24-21(28)17-5-3-2-4-6-17/h2-10,16H,11-15H2,1H3,(H,24,28). The first-order chi connectivity index (χ1) is 14.4. The van der Waals surface area contributed by atoms with Gasteiger partial charge in [-0.05, 0) is 43.3 Å². The molecule has 1 unspecified atom stereocenters. The molecule has 0 aliphatic carbocycles. The molecule has 1 aliphatic rings. The van der Waals surface area contributed by atoms with Gasteiger partial charge in [0.1, 0.15) is 5.75 Å². The van der Waals surface area contributed by atoms with Crippen molar-refractivity contribution in [3.05, 3.63) is 65.2 Å². The number of piperazine rings is 1. The van der Waals surface area contributed by atoms with E-state index in [0.717, 1.165) is 0 Å². The fourth-order valence-corrected chi connectivity index (χ4v) is 3.29. The van der Waals surface area contributed by atoms with Gasteiger partial charge in [-0.3, -0.25) is 14.4 Å². The number of carbonyl (C=O) groups is 3.